The molecule has 6 atom stereocenters. The number of rotatable bonds is 6. The van der Waals surface area contributed by atoms with Crippen molar-refractivity contribution in [3.8, 4) is 0 Å². The van der Waals surface area contributed by atoms with Gasteiger partial charge in [0.1, 0.15) is 6.54 Å². The monoisotopic (exact) mass is 482 g/mol. The number of halogens is 2. The van der Waals surface area contributed by atoms with Gasteiger partial charge < -0.3 is 14.8 Å². The van der Waals surface area contributed by atoms with Gasteiger partial charge in [0.2, 0.25) is 11.8 Å². The highest BCUT2D eigenvalue weighted by atomic mass is 35.5. The summed E-state index contributed by atoms with van der Waals surface area (Å²) in [6, 6.07) is 5.93. The lowest BCUT2D eigenvalue weighted by Gasteiger charge is -2.28. The summed E-state index contributed by atoms with van der Waals surface area (Å²) in [6.07, 6.45) is 0.633. The summed E-state index contributed by atoms with van der Waals surface area (Å²) in [7, 11) is 1.26. The van der Waals surface area contributed by atoms with Crippen molar-refractivity contribution in [3.05, 3.63) is 29.8 Å². The first-order chi connectivity index (χ1) is 15.2. The van der Waals surface area contributed by atoms with Gasteiger partial charge in [-0.05, 0) is 42.5 Å². The standard InChI is InChI=1S/C21H20Cl2N2O7/c1-31-21(30)9-2-4-10(5-3-9)24-13(26)8-32-14(27)7-25-19(28)15-11-6-12(16(15)20(25)29)18(23)17(11)22/h2-5,11-12,15-18H,6-8H2,1H3,(H,24,26)/t11-,12-,15-,16+,17+,18+/m1/s1. The molecule has 2 aliphatic carbocycles. The number of imide groups is 1. The zero-order valence-electron chi connectivity index (χ0n) is 17.0. The van der Waals surface area contributed by atoms with E-state index in [1.54, 1.807) is 0 Å². The number of hydrogen-bond donors (Lipinski definition) is 1. The van der Waals surface area contributed by atoms with Gasteiger partial charge in [-0.2, -0.15) is 0 Å². The summed E-state index contributed by atoms with van der Waals surface area (Å²) in [6.45, 7) is -1.16. The first-order valence-corrected chi connectivity index (χ1v) is 10.9. The lowest BCUT2D eigenvalue weighted by Crippen LogP contribution is -2.38. The third kappa shape index (κ3) is 3.84. The summed E-state index contributed by atoms with van der Waals surface area (Å²) in [5.74, 6) is -4.33. The van der Waals surface area contributed by atoms with Crippen molar-refractivity contribution in [1.82, 2.24) is 4.90 Å². The van der Waals surface area contributed by atoms with Crippen molar-refractivity contribution in [2.75, 3.05) is 25.6 Å². The van der Waals surface area contributed by atoms with Crippen molar-refractivity contribution in [1.29, 1.82) is 0 Å². The van der Waals surface area contributed by atoms with Gasteiger partial charge in [-0.3, -0.25) is 24.1 Å². The molecule has 0 radical (unpaired) electrons. The molecule has 1 aromatic carbocycles. The summed E-state index contributed by atoms with van der Waals surface area (Å²) in [4.78, 5) is 62.0. The maximum Gasteiger partial charge on any atom is 0.337 e. The average molecular weight is 483 g/mol. The predicted octanol–water partition coefficient (Wildman–Crippen LogP) is 1.42. The van der Waals surface area contributed by atoms with E-state index in [0.29, 0.717) is 17.7 Å². The fourth-order valence-corrected chi connectivity index (χ4v) is 5.78. The zero-order valence-corrected chi connectivity index (χ0v) is 18.5. The van der Waals surface area contributed by atoms with E-state index in [4.69, 9.17) is 27.9 Å². The molecule has 3 aliphatic rings. The molecule has 2 saturated carbocycles. The lowest BCUT2D eigenvalue weighted by atomic mass is 9.80. The molecule has 3 fully saturated rings. The fourth-order valence-electron chi connectivity index (χ4n) is 4.89. The summed E-state index contributed by atoms with van der Waals surface area (Å²) < 4.78 is 9.52. The Hall–Kier alpha value is -2.65. The highest BCUT2D eigenvalue weighted by Gasteiger charge is 2.66. The van der Waals surface area contributed by atoms with E-state index in [0.717, 1.165) is 4.90 Å². The molecule has 3 amide bonds. The van der Waals surface area contributed by atoms with Gasteiger partial charge in [-0.1, -0.05) is 0 Å². The molecule has 1 heterocycles. The van der Waals surface area contributed by atoms with Crippen LogP contribution in [0.3, 0.4) is 0 Å². The Kier molecular flexibility index (Phi) is 6.13. The number of alkyl halides is 2. The van der Waals surface area contributed by atoms with Crippen molar-refractivity contribution in [2.24, 2.45) is 23.7 Å². The number of methoxy groups -OCH3 is 1. The molecule has 1 aliphatic heterocycles. The number of carbonyl (C=O) groups excluding carboxylic acids is 5. The van der Waals surface area contributed by atoms with Crippen LogP contribution in [0.5, 0.6) is 0 Å². The molecule has 0 unspecified atom stereocenters. The van der Waals surface area contributed by atoms with Gasteiger partial charge in [-0.25, -0.2) is 4.79 Å². The van der Waals surface area contributed by atoms with Gasteiger partial charge in [0.25, 0.3) is 5.91 Å². The molecule has 0 spiro atoms. The minimum atomic E-state index is -0.875. The maximum atomic E-state index is 12.7. The molecule has 9 nitrogen and oxygen atoms in total. The number of ether oxygens (including phenoxy) is 2. The quantitative estimate of drug-likeness (QED) is 0.369. The topological polar surface area (TPSA) is 119 Å². The second-order valence-corrected chi connectivity index (χ2v) is 9.05. The van der Waals surface area contributed by atoms with Crippen LogP contribution >= 0.6 is 23.2 Å². The van der Waals surface area contributed by atoms with Crippen LogP contribution in [0.15, 0.2) is 24.3 Å². The van der Waals surface area contributed by atoms with E-state index in [1.807, 2.05) is 0 Å². The molecular weight excluding hydrogens is 463 g/mol. The van der Waals surface area contributed by atoms with Gasteiger partial charge in [0, 0.05) is 5.69 Å². The molecule has 170 valence electrons. The van der Waals surface area contributed by atoms with Gasteiger partial charge >= 0.3 is 11.9 Å². The van der Waals surface area contributed by atoms with Crippen LogP contribution in [-0.2, 0) is 28.7 Å². The molecule has 2 bridgehead atoms. The Morgan fingerprint density at radius 3 is 2.12 bits per heavy atom. The van der Waals surface area contributed by atoms with Crippen molar-refractivity contribution < 1.29 is 33.4 Å². The Morgan fingerprint density at radius 1 is 1.03 bits per heavy atom. The zero-order chi connectivity index (χ0) is 23.2. The van der Waals surface area contributed by atoms with Crippen LogP contribution in [0.4, 0.5) is 5.69 Å². The number of fused-ring (bicyclic) bond motifs is 5. The van der Waals surface area contributed by atoms with Crippen LogP contribution in [0.1, 0.15) is 16.8 Å². The minimum Gasteiger partial charge on any atom is -0.465 e. The van der Waals surface area contributed by atoms with E-state index >= 15 is 0 Å². The molecule has 11 heteroatoms. The highest BCUT2D eigenvalue weighted by Crippen LogP contribution is 2.59. The summed E-state index contributed by atoms with van der Waals surface area (Å²) in [5.41, 5.74) is 0.703. The van der Waals surface area contributed by atoms with Crippen LogP contribution < -0.4 is 5.32 Å². The number of nitrogens with one attached hydrogen (secondary N) is 1. The summed E-state index contributed by atoms with van der Waals surface area (Å²) >= 11 is 12.6. The number of likely N-dealkylation sites (tertiary alicyclic amines) is 1. The van der Waals surface area contributed by atoms with E-state index in [1.165, 1.54) is 31.4 Å². The second-order valence-electron chi connectivity index (χ2n) is 8.04. The average Bonchev–Trinajstić information content (AvgIpc) is 3.38. The van der Waals surface area contributed by atoms with Crippen molar-refractivity contribution in [2.45, 2.75) is 17.2 Å². The number of nitrogens with zero attached hydrogens (tertiary/aromatic N) is 1. The van der Waals surface area contributed by atoms with Gasteiger partial charge in [-0.15, -0.1) is 23.2 Å². The fraction of sp³-hybridized carbons (Fsp3) is 0.476. The van der Waals surface area contributed by atoms with E-state index in [9.17, 15) is 24.0 Å². The number of benzene rings is 1. The van der Waals surface area contributed by atoms with E-state index in [2.05, 4.69) is 10.1 Å². The number of amides is 3. The molecule has 4 rings (SSSR count). The van der Waals surface area contributed by atoms with Crippen LogP contribution in [0.25, 0.3) is 0 Å². The number of anilines is 1. The number of esters is 2. The molecule has 32 heavy (non-hydrogen) atoms. The SMILES string of the molecule is COC(=O)c1ccc(NC(=O)COC(=O)CN2C(=O)[C@@H]3[C@H]4C[C@@H]([C@H](Cl)[C@H]4Cl)[C@@H]3C2=O)cc1. The number of hydrogen-bond acceptors (Lipinski definition) is 7. The molecule has 1 aromatic rings. The number of carbonyl (C=O) groups is 5. The first kappa shape index (κ1) is 22.5. The Balaban J connectivity index is 1.28. The molecular formula is C21H20Cl2N2O7. The van der Waals surface area contributed by atoms with Crippen molar-refractivity contribution in [3.63, 3.8) is 0 Å². The van der Waals surface area contributed by atoms with Crippen LogP contribution in [0.2, 0.25) is 0 Å². The van der Waals surface area contributed by atoms with Gasteiger partial charge in [0.15, 0.2) is 6.61 Å². The van der Waals surface area contributed by atoms with E-state index in [-0.39, 0.29) is 22.6 Å². The Labute approximate surface area is 193 Å². The molecule has 1 N–H and O–H groups in total. The molecule has 1 saturated heterocycles. The first-order valence-electron chi connectivity index (χ1n) is 10.00. The Bertz CT molecular complexity index is 951. The Morgan fingerprint density at radius 2 is 1.59 bits per heavy atom. The molecule has 0 aromatic heterocycles. The summed E-state index contributed by atoms with van der Waals surface area (Å²) in [5, 5.41) is 1.75. The third-order valence-corrected chi connectivity index (χ3v) is 7.64. The van der Waals surface area contributed by atoms with Crippen molar-refractivity contribution >= 4 is 58.5 Å². The second kappa shape index (κ2) is 8.71. The lowest BCUT2D eigenvalue weighted by molar-refractivity contribution is -0.154. The normalized spacial score (nSPS) is 30.3. The smallest absolute Gasteiger partial charge is 0.337 e. The van der Waals surface area contributed by atoms with Crippen LogP contribution in [0, 0.1) is 23.7 Å². The van der Waals surface area contributed by atoms with E-state index < -0.39 is 54.6 Å². The van der Waals surface area contributed by atoms with Gasteiger partial charge in [0.05, 0.1) is 35.3 Å². The maximum absolute atomic E-state index is 12.7. The van der Waals surface area contributed by atoms with Crippen LogP contribution in [-0.4, -0.2) is 65.6 Å². The highest BCUT2D eigenvalue weighted by molar-refractivity contribution is 6.31. The largest absolute Gasteiger partial charge is 0.465 e. The third-order valence-electron chi connectivity index (χ3n) is 6.32. The minimum absolute atomic E-state index is 0.178. The predicted molar refractivity (Wildman–Crippen MR) is 112 cm³/mol.